The number of ether oxygens (including phenoxy) is 2. The molecule has 0 spiro atoms. The van der Waals surface area contributed by atoms with Crippen LogP contribution in [-0.2, 0) is 36.8 Å². The maximum absolute atomic E-state index is 14.5. The number of hydroxylamine groups is 1. The van der Waals surface area contributed by atoms with Gasteiger partial charge in [0.25, 0.3) is 5.91 Å². The van der Waals surface area contributed by atoms with Crippen LogP contribution in [0, 0.1) is 38.0 Å². The van der Waals surface area contributed by atoms with Gasteiger partial charge in [-0.15, -0.1) is 0 Å². The molecule has 0 bridgehead atoms. The standard InChI is InChI=1S/C42H61N5O10S/c1-23(2)20-28(22-32(48)46-55)36(50)44-35(41(6,7)8)38(52)43-16-17-47(18-19-56-29-12-10-27(11-13-29)21-31-37(51)45-40(54)58-31)39(53)42(9)15-14-30-26(5)33(49)24(3)25(4)34(30)57-42/h10-13,23,28,31,35,40,49,54-55H,14-22H2,1-9H3,(H,43,52)(H,44,50)(H,45,51)(H,46,48)/t28?,31?,35-,40?,42?/m1/s1. The number of aliphatic hydroxyl groups is 1. The van der Waals surface area contributed by atoms with E-state index in [2.05, 4.69) is 16.0 Å². The Kier molecular flexibility index (Phi) is 15.5. The highest BCUT2D eigenvalue weighted by Crippen LogP contribution is 2.43. The van der Waals surface area contributed by atoms with Crippen molar-refractivity contribution in [3.8, 4) is 17.2 Å². The van der Waals surface area contributed by atoms with Gasteiger partial charge >= 0.3 is 0 Å². The van der Waals surface area contributed by atoms with E-state index in [0.717, 1.165) is 34.0 Å². The molecule has 4 rings (SSSR count). The molecule has 16 heteroatoms. The van der Waals surface area contributed by atoms with E-state index in [1.807, 2.05) is 67.5 Å². The highest BCUT2D eigenvalue weighted by atomic mass is 32.2. The van der Waals surface area contributed by atoms with Crippen LogP contribution in [0.25, 0.3) is 0 Å². The number of aliphatic hydroxyl groups excluding tert-OH is 1. The summed E-state index contributed by atoms with van der Waals surface area (Å²) < 4.78 is 12.6. The van der Waals surface area contributed by atoms with Gasteiger partial charge in [-0.25, -0.2) is 5.48 Å². The molecule has 7 N–H and O–H groups in total. The Morgan fingerprint density at radius 2 is 1.72 bits per heavy atom. The predicted octanol–water partition coefficient (Wildman–Crippen LogP) is 3.56. The molecule has 58 heavy (non-hydrogen) atoms. The number of nitrogens with zero attached hydrogens (tertiary/aromatic N) is 1. The SMILES string of the molecule is Cc1c(C)c2c(c(C)c1O)CCC(C)(C(=O)N(CCNC(=O)[C@@H](NC(=O)C(CC(=O)NO)CC(C)C)C(C)(C)C)CCOc1ccc(CC3SC(O)NC3=O)cc1)O2. The molecule has 15 nitrogen and oxygen atoms in total. The fourth-order valence-corrected chi connectivity index (χ4v) is 8.31. The average Bonchev–Trinajstić information content (AvgIpc) is 3.48. The fraction of sp³-hybridized carbons (Fsp3) is 0.595. The van der Waals surface area contributed by atoms with Crippen molar-refractivity contribution >= 4 is 41.3 Å². The van der Waals surface area contributed by atoms with Gasteiger partial charge in [-0.05, 0) is 92.7 Å². The van der Waals surface area contributed by atoms with Gasteiger partial charge in [-0.2, -0.15) is 0 Å². The van der Waals surface area contributed by atoms with Crippen molar-refractivity contribution < 1.29 is 48.9 Å². The number of hydrogen-bond donors (Lipinski definition) is 7. The summed E-state index contributed by atoms with van der Waals surface area (Å²) in [5, 5.41) is 37.3. The number of fused-ring (bicyclic) bond motifs is 1. The van der Waals surface area contributed by atoms with E-state index in [1.165, 1.54) is 0 Å². The van der Waals surface area contributed by atoms with E-state index in [0.29, 0.717) is 42.7 Å². The fourth-order valence-electron chi connectivity index (χ4n) is 7.34. The molecular formula is C42H61N5O10S. The van der Waals surface area contributed by atoms with Crippen molar-refractivity contribution in [2.45, 2.75) is 117 Å². The van der Waals surface area contributed by atoms with Crippen molar-refractivity contribution in [1.82, 2.24) is 26.3 Å². The van der Waals surface area contributed by atoms with Crippen LogP contribution in [0.2, 0.25) is 0 Å². The summed E-state index contributed by atoms with van der Waals surface area (Å²) in [4.78, 5) is 67.3. The van der Waals surface area contributed by atoms with E-state index in [4.69, 9.17) is 14.7 Å². The first-order chi connectivity index (χ1) is 27.1. The molecule has 5 atom stereocenters. The summed E-state index contributed by atoms with van der Waals surface area (Å²) in [5.74, 6) is -1.49. The molecule has 2 aliphatic heterocycles. The second-order valence-electron chi connectivity index (χ2n) is 17.0. The number of nitrogens with one attached hydrogen (secondary N) is 4. The topological polar surface area (TPSA) is 216 Å². The van der Waals surface area contributed by atoms with Crippen LogP contribution in [0.3, 0.4) is 0 Å². The smallest absolute Gasteiger partial charge is 0.266 e. The normalized spacial score (nSPS) is 20.0. The predicted molar refractivity (Wildman–Crippen MR) is 219 cm³/mol. The third kappa shape index (κ3) is 11.6. The summed E-state index contributed by atoms with van der Waals surface area (Å²) >= 11 is 1.16. The van der Waals surface area contributed by atoms with E-state index in [1.54, 1.807) is 29.4 Å². The number of amides is 5. The molecule has 2 aromatic rings. The van der Waals surface area contributed by atoms with E-state index >= 15 is 0 Å². The molecule has 2 aliphatic rings. The van der Waals surface area contributed by atoms with Gasteiger partial charge in [0.05, 0.1) is 11.8 Å². The molecule has 1 saturated heterocycles. The minimum atomic E-state index is -1.26. The van der Waals surface area contributed by atoms with Gasteiger partial charge in [-0.3, -0.25) is 29.2 Å². The Bertz CT molecular complexity index is 1830. The molecule has 1 fully saturated rings. The van der Waals surface area contributed by atoms with Crippen molar-refractivity contribution in [2.24, 2.45) is 17.3 Å². The van der Waals surface area contributed by atoms with Crippen molar-refractivity contribution in [1.29, 1.82) is 0 Å². The van der Waals surface area contributed by atoms with Crippen LogP contribution < -0.4 is 30.9 Å². The maximum Gasteiger partial charge on any atom is 0.266 e. The second-order valence-corrected chi connectivity index (χ2v) is 18.3. The highest BCUT2D eigenvalue weighted by molar-refractivity contribution is 8.01. The van der Waals surface area contributed by atoms with E-state index in [-0.39, 0.29) is 56.1 Å². The lowest BCUT2D eigenvalue weighted by Gasteiger charge is -2.39. The first-order valence-corrected chi connectivity index (χ1v) is 20.8. The molecular weight excluding hydrogens is 767 g/mol. The summed E-state index contributed by atoms with van der Waals surface area (Å²) in [7, 11) is 0. The van der Waals surface area contributed by atoms with Gasteiger partial charge in [0.1, 0.15) is 29.9 Å². The van der Waals surface area contributed by atoms with Crippen LogP contribution in [0.4, 0.5) is 0 Å². The van der Waals surface area contributed by atoms with Crippen LogP contribution in [0.5, 0.6) is 17.2 Å². The minimum Gasteiger partial charge on any atom is -0.507 e. The second kappa shape index (κ2) is 19.5. The Labute approximate surface area is 345 Å². The number of benzene rings is 2. The summed E-state index contributed by atoms with van der Waals surface area (Å²) in [6.07, 6.45) is 1.44. The van der Waals surface area contributed by atoms with Gasteiger partial charge < -0.3 is 40.5 Å². The van der Waals surface area contributed by atoms with Crippen molar-refractivity contribution in [2.75, 3.05) is 26.2 Å². The Hall–Kier alpha value is -4.54. The minimum absolute atomic E-state index is 0.0449. The average molecular weight is 828 g/mol. The van der Waals surface area contributed by atoms with Gasteiger partial charge in [-0.1, -0.05) is 58.5 Å². The molecule has 0 aromatic heterocycles. The number of phenols is 1. The zero-order chi connectivity index (χ0) is 43.1. The first-order valence-electron chi connectivity index (χ1n) is 19.8. The Morgan fingerprint density at radius 3 is 2.31 bits per heavy atom. The van der Waals surface area contributed by atoms with Gasteiger partial charge in [0.2, 0.25) is 23.6 Å². The Balaban J connectivity index is 1.49. The van der Waals surface area contributed by atoms with Crippen LogP contribution >= 0.6 is 11.8 Å². The van der Waals surface area contributed by atoms with Gasteiger partial charge in [0.15, 0.2) is 11.2 Å². The lowest BCUT2D eigenvalue weighted by Crippen LogP contribution is -2.57. The number of aromatic hydroxyl groups is 1. The molecule has 5 amide bonds. The zero-order valence-corrected chi connectivity index (χ0v) is 35.9. The van der Waals surface area contributed by atoms with Crippen LogP contribution in [0.15, 0.2) is 24.3 Å². The van der Waals surface area contributed by atoms with Crippen LogP contribution in [0.1, 0.15) is 88.6 Å². The van der Waals surface area contributed by atoms with Crippen molar-refractivity contribution in [3.05, 3.63) is 52.1 Å². The zero-order valence-electron chi connectivity index (χ0n) is 35.1. The molecule has 0 aliphatic carbocycles. The third-order valence-electron chi connectivity index (χ3n) is 10.9. The monoisotopic (exact) mass is 827 g/mol. The number of thioether (sulfide) groups is 1. The number of hydrogen-bond acceptors (Lipinski definition) is 11. The first kappa shape index (κ1) is 46.2. The summed E-state index contributed by atoms with van der Waals surface area (Å²) in [6.45, 7) is 16.9. The molecule has 320 valence electrons. The largest absolute Gasteiger partial charge is 0.507 e. The summed E-state index contributed by atoms with van der Waals surface area (Å²) in [5.41, 5.74) is 2.62. The number of carbonyl (C=O) groups is 5. The van der Waals surface area contributed by atoms with E-state index in [9.17, 15) is 34.2 Å². The third-order valence-corrected chi connectivity index (χ3v) is 11.9. The van der Waals surface area contributed by atoms with Crippen LogP contribution in [-0.4, -0.2) is 98.6 Å². The van der Waals surface area contributed by atoms with Crippen molar-refractivity contribution in [3.63, 3.8) is 0 Å². The number of phenolic OH excluding ortho intramolecular Hbond substituents is 1. The van der Waals surface area contributed by atoms with Gasteiger partial charge in [0, 0.05) is 37.4 Å². The molecule has 0 radical (unpaired) electrons. The molecule has 0 saturated carbocycles. The lowest BCUT2D eigenvalue weighted by atomic mass is 9.85. The maximum atomic E-state index is 14.5. The molecule has 2 aromatic carbocycles. The number of rotatable bonds is 17. The lowest BCUT2D eigenvalue weighted by molar-refractivity contribution is -0.149. The molecule has 4 unspecified atom stereocenters. The summed E-state index contributed by atoms with van der Waals surface area (Å²) in [6, 6.07) is 6.28. The molecule has 2 heterocycles. The number of carbonyl (C=O) groups excluding carboxylic acids is 5. The van der Waals surface area contributed by atoms with E-state index < -0.39 is 51.5 Å². The quantitative estimate of drug-likeness (QED) is 0.0905. The highest BCUT2D eigenvalue weighted by Gasteiger charge is 2.43. The Morgan fingerprint density at radius 1 is 1.05 bits per heavy atom.